The molecule has 7 heteroatoms. The highest BCUT2D eigenvalue weighted by Gasteiger charge is 2.29. The smallest absolute Gasteiger partial charge is 0.411 e. The summed E-state index contributed by atoms with van der Waals surface area (Å²) in [6, 6.07) is 22.2. The van der Waals surface area contributed by atoms with Crippen molar-refractivity contribution in [1.82, 2.24) is 5.32 Å². The normalized spacial score (nSPS) is 12.9. The molecule has 0 heterocycles. The van der Waals surface area contributed by atoms with Gasteiger partial charge in [-0.15, -0.1) is 0 Å². The van der Waals surface area contributed by atoms with Crippen molar-refractivity contribution in [2.45, 2.75) is 31.7 Å². The summed E-state index contributed by atoms with van der Waals surface area (Å²) in [6.07, 6.45) is -0.271. The SMILES string of the molecule is CCC(CC(=O)O)NC(=O)c1cccc(NC(=O)OCC2c3ccccc3-c3ccccc32)c1. The largest absolute Gasteiger partial charge is 0.481 e. The van der Waals surface area contributed by atoms with Crippen molar-refractivity contribution in [3.8, 4) is 11.1 Å². The lowest BCUT2D eigenvalue weighted by molar-refractivity contribution is -0.137. The molecule has 0 fully saturated rings. The number of benzene rings is 3. The molecule has 174 valence electrons. The van der Waals surface area contributed by atoms with E-state index in [0.717, 1.165) is 22.3 Å². The maximum absolute atomic E-state index is 12.5. The fraction of sp³-hybridized carbons (Fsp3) is 0.222. The van der Waals surface area contributed by atoms with Crippen LogP contribution in [0.1, 0.15) is 47.2 Å². The molecule has 3 aromatic carbocycles. The maximum Gasteiger partial charge on any atom is 0.411 e. The molecule has 1 atom stereocenters. The molecule has 4 rings (SSSR count). The second-order valence-corrected chi connectivity index (χ2v) is 8.21. The summed E-state index contributed by atoms with van der Waals surface area (Å²) in [5.41, 5.74) is 5.29. The molecule has 2 amide bonds. The van der Waals surface area contributed by atoms with Crippen molar-refractivity contribution in [2.24, 2.45) is 0 Å². The quantitative estimate of drug-likeness (QED) is 0.439. The van der Waals surface area contributed by atoms with Crippen LogP contribution in [0.5, 0.6) is 0 Å². The first-order valence-corrected chi connectivity index (χ1v) is 11.2. The summed E-state index contributed by atoms with van der Waals surface area (Å²) in [7, 11) is 0. The average molecular weight is 459 g/mol. The first kappa shape index (κ1) is 23.0. The summed E-state index contributed by atoms with van der Waals surface area (Å²) in [5, 5.41) is 14.4. The number of nitrogens with one attached hydrogen (secondary N) is 2. The Morgan fingerprint density at radius 2 is 1.59 bits per heavy atom. The van der Waals surface area contributed by atoms with Gasteiger partial charge in [0.25, 0.3) is 5.91 Å². The predicted octanol–water partition coefficient (Wildman–Crippen LogP) is 5.03. The van der Waals surface area contributed by atoms with Crippen LogP contribution in [0.2, 0.25) is 0 Å². The zero-order valence-corrected chi connectivity index (χ0v) is 18.8. The molecule has 0 aromatic heterocycles. The van der Waals surface area contributed by atoms with Gasteiger partial charge in [0.15, 0.2) is 0 Å². The van der Waals surface area contributed by atoms with E-state index in [1.807, 2.05) is 31.2 Å². The van der Waals surface area contributed by atoms with Crippen LogP contribution in [0, 0.1) is 0 Å². The monoisotopic (exact) mass is 458 g/mol. The number of carboxylic acid groups (broad SMARTS) is 1. The van der Waals surface area contributed by atoms with Crippen LogP contribution in [-0.2, 0) is 9.53 Å². The Morgan fingerprint density at radius 3 is 2.21 bits per heavy atom. The molecule has 0 spiro atoms. The zero-order chi connectivity index (χ0) is 24.1. The van der Waals surface area contributed by atoms with Gasteiger partial charge in [-0.2, -0.15) is 0 Å². The zero-order valence-electron chi connectivity index (χ0n) is 18.8. The molecule has 3 N–H and O–H groups in total. The van der Waals surface area contributed by atoms with Crippen LogP contribution in [0.25, 0.3) is 11.1 Å². The Labute approximate surface area is 197 Å². The third-order valence-corrected chi connectivity index (χ3v) is 5.96. The minimum atomic E-state index is -0.974. The number of hydrogen-bond acceptors (Lipinski definition) is 4. The van der Waals surface area contributed by atoms with Gasteiger partial charge in [0.2, 0.25) is 0 Å². The first-order chi connectivity index (χ1) is 16.5. The van der Waals surface area contributed by atoms with Crippen LogP contribution in [0.15, 0.2) is 72.8 Å². The van der Waals surface area contributed by atoms with E-state index >= 15 is 0 Å². The van der Waals surface area contributed by atoms with Crippen molar-refractivity contribution in [1.29, 1.82) is 0 Å². The molecule has 0 saturated carbocycles. The van der Waals surface area contributed by atoms with Gasteiger partial charge in [0.05, 0.1) is 6.42 Å². The topological polar surface area (TPSA) is 105 Å². The molecular formula is C27H26N2O5. The predicted molar refractivity (Wildman–Crippen MR) is 129 cm³/mol. The van der Waals surface area contributed by atoms with Crippen molar-refractivity contribution in [3.05, 3.63) is 89.5 Å². The molecule has 0 radical (unpaired) electrons. The number of fused-ring (bicyclic) bond motifs is 3. The fourth-order valence-electron chi connectivity index (χ4n) is 4.27. The van der Waals surface area contributed by atoms with E-state index in [1.165, 1.54) is 6.07 Å². The maximum atomic E-state index is 12.5. The summed E-state index contributed by atoms with van der Waals surface area (Å²) in [6.45, 7) is 2.00. The highest BCUT2D eigenvalue weighted by molar-refractivity contribution is 5.96. The summed E-state index contributed by atoms with van der Waals surface area (Å²) in [5.74, 6) is -1.42. The Bertz CT molecular complexity index is 1180. The van der Waals surface area contributed by atoms with E-state index in [4.69, 9.17) is 9.84 Å². The summed E-state index contributed by atoms with van der Waals surface area (Å²) >= 11 is 0. The first-order valence-electron chi connectivity index (χ1n) is 11.2. The summed E-state index contributed by atoms with van der Waals surface area (Å²) in [4.78, 5) is 36.0. The lowest BCUT2D eigenvalue weighted by atomic mass is 9.98. The molecule has 1 aliphatic carbocycles. The third-order valence-electron chi connectivity index (χ3n) is 5.96. The van der Waals surface area contributed by atoms with E-state index in [-0.39, 0.29) is 18.9 Å². The molecule has 0 aliphatic heterocycles. The number of carboxylic acids is 1. The van der Waals surface area contributed by atoms with Crippen molar-refractivity contribution in [3.63, 3.8) is 0 Å². The Hall–Kier alpha value is -4.13. The third kappa shape index (κ3) is 5.09. The van der Waals surface area contributed by atoms with E-state index in [9.17, 15) is 14.4 Å². The van der Waals surface area contributed by atoms with Crippen LogP contribution in [0.3, 0.4) is 0 Å². The summed E-state index contributed by atoms with van der Waals surface area (Å²) < 4.78 is 5.55. The molecule has 1 unspecified atom stereocenters. The van der Waals surface area contributed by atoms with Crippen LogP contribution in [0.4, 0.5) is 10.5 Å². The van der Waals surface area contributed by atoms with Gasteiger partial charge in [-0.1, -0.05) is 61.5 Å². The number of hydrogen-bond donors (Lipinski definition) is 3. The number of ether oxygens (including phenoxy) is 1. The lowest BCUT2D eigenvalue weighted by Crippen LogP contribution is -2.36. The molecule has 3 aromatic rings. The Kier molecular flexibility index (Phi) is 6.92. The van der Waals surface area contributed by atoms with Gasteiger partial charge < -0.3 is 15.2 Å². The highest BCUT2D eigenvalue weighted by Crippen LogP contribution is 2.44. The fourth-order valence-corrected chi connectivity index (χ4v) is 4.27. The van der Waals surface area contributed by atoms with Gasteiger partial charge >= 0.3 is 12.1 Å². The van der Waals surface area contributed by atoms with Crippen LogP contribution in [-0.4, -0.2) is 35.7 Å². The second-order valence-electron chi connectivity index (χ2n) is 8.21. The number of amides is 2. The number of aliphatic carboxylic acids is 1. The van der Waals surface area contributed by atoms with Gasteiger partial charge in [-0.3, -0.25) is 14.9 Å². The minimum Gasteiger partial charge on any atom is -0.481 e. The second kappa shape index (κ2) is 10.2. The number of rotatable bonds is 8. The number of anilines is 1. The minimum absolute atomic E-state index is 0.0459. The molecule has 0 bridgehead atoms. The number of carbonyl (C=O) groups excluding carboxylic acids is 2. The molecule has 1 aliphatic rings. The highest BCUT2D eigenvalue weighted by atomic mass is 16.5. The lowest BCUT2D eigenvalue weighted by Gasteiger charge is -2.16. The standard InChI is InChI=1S/C27H26N2O5/c1-2-18(15-25(30)31)28-26(32)17-8-7-9-19(14-17)29-27(33)34-16-24-22-12-5-3-10-20(22)21-11-4-6-13-23(21)24/h3-14,18,24H,2,15-16H2,1H3,(H,28,32)(H,29,33)(H,30,31). The van der Waals surface area contributed by atoms with Crippen molar-refractivity contribution >= 4 is 23.7 Å². The Morgan fingerprint density at radius 1 is 0.941 bits per heavy atom. The van der Waals surface area contributed by atoms with Crippen molar-refractivity contribution < 1.29 is 24.2 Å². The molecule has 34 heavy (non-hydrogen) atoms. The van der Waals surface area contributed by atoms with Crippen molar-refractivity contribution in [2.75, 3.05) is 11.9 Å². The number of carbonyl (C=O) groups is 3. The van der Waals surface area contributed by atoms with Gasteiger partial charge in [0, 0.05) is 23.2 Å². The van der Waals surface area contributed by atoms with E-state index < -0.39 is 24.0 Å². The van der Waals surface area contributed by atoms with Crippen LogP contribution < -0.4 is 10.6 Å². The molecule has 7 nitrogen and oxygen atoms in total. The van der Waals surface area contributed by atoms with E-state index in [2.05, 4.69) is 34.9 Å². The van der Waals surface area contributed by atoms with Gasteiger partial charge in [-0.25, -0.2) is 4.79 Å². The van der Waals surface area contributed by atoms with Gasteiger partial charge in [0.1, 0.15) is 6.61 Å². The van der Waals surface area contributed by atoms with Gasteiger partial charge in [-0.05, 0) is 46.9 Å². The molecule has 0 saturated heterocycles. The molecular weight excluding hydrogens is 432 g/mol. The average Bonchev–Trinajstić information content (AvgIpc) is 3.16. The Balaban J connectivity index is 1.39. The van der Waals surface area contributed by atoms with E-state index in [1.54, 1.807) is 18.2 Å². The van der Waals surface area contributed by atoms with E-state index in [0.29, 0.717) is 17.7 Å². The van der Waals surface area contributed by atoms with Crippen LogP contribution >= 0.6 is 0 Å².